The van der Waals surface area contributed by atoms with Gasteiger partial charge in [0, 0.05) is 18.0 Å². The van der Waals surface area contributed by atoms with Crippen molar-refractivity contribution in [2.24, 2.45) is 0 Å². The van der Waals surface area contributed by atoms with Crippen LogP contribution in [0.3, 0.4) is 0 Å². The Kier molecular flexibility index (Phi) is 6.01. The normalized spacial score (nSPS) is 10.3. The Morgan fingerprint density at radius 1 is 1.47 bits per heavy atom. The van der Waals surface area contributed by atoms with Crippen LogP contribution in [0.15, 0.2) is 18.2 Å². The average Bonchev–Trinajstić information content (AvgIpc) is 2.30. The zero-order chi connectivity index (χ0) is 12.7. The molecule has 0 aromatic heterocycles. The molecule has 0 fully saturated rings. The van der Waals surface area contributed by atoms with Gasteiger partial charge in [-0.15, -0.1) is 0 Å². The maximum Gasteiger partial charge on any atom is 0.305 e. The van der Waals surface area contributed by atoms with E-state index >= 15 is 0 Å². The molecule has 0 bridgehead atoms. The van der Waals surface area contributed by atoms with Crippen LogP contribution < -0.4 is 5.32 Å². The first-order valence-electron chi connectivity index (χ1n) is 5.66. The Labute approximate surface area is 107 Å². The molecular weight excluding hydrogens is 238 g/mol. The number of hydrogen-bond donors (Lipinski definition) is 1. The molecule has 1 rings (SSSR count). The molecule has 17 heavy (non-hydrogen) atoms. The van der Waals surface area contributed by atoms with Crippen molar-refractivity contribution < 1.29 is 9.53 Å². The number of carbonyl (C=O) groups is 1. The smallest absolute Gasteiger partial charge is 0.305 e. The lowest BCUT2D eigenvalue weighted by molar-refractivity contribution is -0.140. The van der Waals surface area contributed by atoms with E-state index in [-0.39, 0.29) is 5.97 Å². The van der Waals surface area contributed by atoms with Gasteiger partial charge in [0.05, 0.1) is 7.11 Å². The van der Waals surface area contributed by atoms with Crippen molar-refractivity contribution in [3.8, 4) is 0 Å². The van der Waals surface area contributed by atoms with Crippen molar-refractivity contribution in [3.05, 3.63) is 34.3 Å². The fourth-order valence-electron chi connectivity index (χ4n) is 1.54. The van der Waals surface area contributed by atoms with Crippen molar-refractivity contribution in [1.29, 1.82) is 0 Å². The number of esters is 1. The third-order valence-electron chi connectivity index (χ3n) is 2.58. The largest absolute Gasteiger partial charge is 0.469 e. The summed E-state index contributed by atoms with van der Waals surface area (Å²) in [6, 6.07) is 5.86. The summed E-state index contributed by atoms with van der Waals surface area (Å²) in [5, 5.41) is 4.05. The van der Waals surface area contributed by atoms with E-state index in [4.69, 9.17) is 11.6 Å². The van der Waals surface area contributed by atoms with Crippen LogP contribution in [0.1, 0.15) is 24.0 Å². The lowest BCUT2D eigenvalue weighted by atomic mass is 10.1. The number of aryl methyl sites for hydroxylation is 1. The Bertz CT molecular complexity index is 380. The van der Waals surface area contributed by atoms with Gasteiger partial charge in [0.25, 0.3) is 0 Å². The van der Waals surface area contributed by atoms with Gasteiger partial charge >= 0.3 is 5.97 Å². The standard InChI is InChI=1S/C13H18ClNO2/c1-10-8-12(14)6-5-11(10)9-15-7-3-4-13(16)17-2/h5-6,8,15H,3-4,7,9H2,1-2H3. The van der Waals surface area contributed by atoms with Gasteiger partial charge in [-0.3, -0.25) is 4.79 Å². The highest BCUT2D eigenvalue weighted by molar-refractivity contribution is 6.30. The van der Waals surface area contributed by atoms with Gasteiger partial charge in [-0.1, -0.05) is 17.7 Å². The van der Waals surface area contributed by atoms with Crippen LogP contribution in [0.2, 0.25) is 5.02 Å². The molecule has 0 aliphatic heterocycles. The van der Waals surface area contributed by atoms with Crippen molar-refractivity contribution >= 4 is 17.6 Å². The Balaban J connectivity index is 2.24. The highest BCUT2D eigenvalue weighted by Crippen LogP contribution is 2.14. The lowest BCUT2D eigenvalue weighted by Gasteiger charge is -2.07. The molecule has 0 saturated carbocycles. The van der Waals surface area contributed by atoms with E-state index in [0.717, 1.165) is 24.5 Å². The molecule has 0 radical (unpaired) electrons. The van der Waals surface area contributed by atoms with Crippen molar-refractivity contribution in [2.75, 3.05) is 13.7 Å². The average molecular weight is 256 g/mol. The Morgan fingerprint density at radius 2 is 2.24 bits per heavy atom. The van der Waals surface area contributed by atoms with Crippen LogP contribution in [0.4, 0.5) is 0 Å². The Morgan fingerprint density at radius 3 is 2.88 bits per heavy atom. The number of ether oxygens (including phenoxy) is 1. The first kappa shape index (κ1) is 14.0. The summed E-state index contributed by atoms with van der Waals surface area (Å²) in [5.74, 6) is -0.158. The predicted molar refractivity (Wildman–Crippen MR) is 69.1 cm³/mol. The molecule has 0 spiro atoms. The highest BCUT2D eigenvalue weighted by atomic mass is 35.5. The molecule has 0 aliphatic carbocycles. The fraction of sp³-hybridized carbons (Fsp3) is 0.462. The van der Waals surface area contributed by atoms with E-state index in [2.05, 4.69) is 10.1 Å². The second-order valence-corrected chi connectivity index (χ2v) is 4.36. The van der Waals surface area contributed by atoms with Crippen LogP contribution in [-0.4, -0.2) is 19.6 Å². The monoisotopic (exact) mass is 255 g/mol. The SMILES string of the molecule is COC(=O)CCCNCc1ccc(Cl)cc1C. The van der Waals surface area contributed by atoms with E-state index in [0.29, 0.717) is 6.42 Å². The summed E-state index contributed by atoms with van der Waals surface area (Å²) in [7, 11) is 1.41. The fourth-order valence-corrected chi connectivity index (χ4v) is 1.77. The maximum absolute atomic E-state index is 10.9. The summed E-state index contributed by atoms with van der Waals surface area (Å²) < 4.78 is 4.57. The predicted octanol–water partition coefficient (Wildman–Crippen LogP) is 2.69. The second kappa shape index (κ2) is 7.30. The summed E-state index contributed by atoms with van der Waals surface area (Å²) >= 11 is 5.88. The van der Waals surface area contributed by atoms with E-state index in [1.54, 1.807) is 0 Å². The van der Waals surface area contributed by atoms with E-state index in [1.807, 2.05) is 25.1 Å². The molecule has 1 N–H and O–H groups in total. The molecule has 4 heteroatoms. The first-order chi connectivity index (χ1) is 8.13. The zero-order valence-corrected chi connectivity index (χ0v) is 11.0. The molecule has 0 atom stereocenters. The lowest BCUT2D eigenvalue weighted by Crippen LogP contribution is -2.16. The van der Waals surface area contributed by atoms with Gasteiger partial charge in [0.2, 0.25) is 0 Å². The molecule has 1 aromatic carbocycles. The number of hydrogen-bond acceptors (Lipinski definition) is 3. The maximum atomic E-state index is 10.9. The minimum Gasteiger partial charge on any atom is -0.469 e. The molecule has 0 aliphatic rings. The Hall–Kier alpha value is -1.06. The molecule has 0 saturated heterocycles. The summed E-state index contributed by atoms with van der Waals surface area (Å²) in [6.07, 6.45) is 1.25. The van der Waals surface area contributed by atoms with Crippen molar-refractivity contribution in [3.63, 3.8) is 0 Å². The molecule has 0 heterocycles. The van der Waals surface area contributed by atoms with E-state index in [1.165, 1.54) is 18.2 Å². The quantitative estimate of drug-likeness (QED) is 0.627. The molecule has 94 valence electrons. The van der Waals surface area contributed by atoms with Crippen LogP contribution in [0, 0.1) is 6.92 Å². The number of methoxy groups -OCH3 is 1. The summed E-state index contributed by atoms with van der Waals surface area (Å²) in [5.41, 5.74) is 2.41. The van der Waals surface area contributed by atoms with Gasteiger partial charge in [-0.25, -0.2) is 0 Å². The van der Waals surface area contributed by atoms with E-state index < -0.39 is 0 Å². The van der Waals surface area contributed by atoms with Gasteiger partial charge in [-0.2, -0.15) is 0 Å². The summed E-state index contributed by atoms with van der Waals surface area (Å²) in [6.45, 7) is 3.64. The molecule has 0 amide bonds. The van der Waals surface area contributed by atoms with Gasteiger partial charge < -0.3 is 10.1 Å². The number of nitrogens with one attached hydrogen (secondary N) is 1. The summed E-state index contributed by atoms with van der Waals surface area (Å²) in [4.78, 5) is 10.9. The van der Waals surface area contributed by atoms with Crippen LogP contribution in [0.25, 0.3) is 0 Å². The van der Waals surface area contributed by atoms with Gasteiger partial charge in [0.1, 0.15) is 0 Å². The van der Waals surface area contributed by atoms with Crippen molar-refractivity contribution in [1.82, 2.24) is 5.32 Å². The highest BCUT2D eigenvalue weighted by Gasteiger charge is 2.01. The molecular formula is C13H18ClNO2. The number of carbonyl (C=O) groups excluding carboxylic acids is 1. The molecule has 1 aromatic rings. The number of halogens is 1. The van der Waals surface area contributed by atoms with Crippen LogP contribution in [0.5, 0.6) is 0 Å². The molecule has 0 unspecified atom stereocenters. The van der Waals surface area contributed by atoms with Crippen LogP contribution in [-0.2, 0) is 16.1 Å². The van der Waals surface area contributed by atoms with Gasteiger partial charge in [0.15, 0.2) is 0 Å². The second-order valence-electron chi connectivity index (χ2n) is 3.93. The zero-order valence-electron chi connectivity index (χ0n) is 10.3. The minimum absolute atomic E-state index is 0.158. The number of rotatable bonds is 6. The van der Waals surface area contributed by atoms with Crippen molar-refractivity contribution in [2.45, 2.75) is 26.3 Å². The third kappa shape index (κ3) is 5.20. The first-order valence-corrected chi connectivity index (χ1v) is 6.04. The van der Waals surface area contributed by atoms with Gasteiger partial charge in [-0.05, 0) is 43.1 Å². The van der Waals surface area contributed by atoms with E-state index in [9.17, 15) is 4.79 Å². The van der Waals surface area contributed by atoms with Crippen LogP contribution >= 0.6 is 11.6 Å². The minimum atomic E-state index is -0.158. The molecule has 3 nitrogen and oxygen atoms in total. The third-order valence-corrected chi connectivity index (χ3v) is 2.82. The number of benzene rings is 1. The topological polar surface area (TPSA) is 38.3 Å².